The number of hydrogen-bond donors (Lipinski definition) is 0. The van der Waals surface area contributed by atoms with Crippen LogP contribution in [0, 0.1) is 13.8 Å². The highest BCUT2D eigenvalue weighted by Crippen LogP contribution is 2.64. The largest absolute Gasteiger partial charge is 0.743 e. The second-order valence-corrected chi connectivity index (χ2v) is 13.2. The van der Waals surface area contributed by atoms with Gasteiger partial charge in [0.1, 0.15) is 0 Å². The lowest BCUT2D eigenvalue weighted by Gasteiger charge is -2.42. The van der Waals surface area contributed by atoms with E-state index in [9.17, 15) is 97.2 Å². The van der Waals surface area contributed by atoms with Crippen LogP contribution in [0.25, 0.3) is 0 Å². The Morgan fingerprint density at radius 3 is 1.00 bits per heavy atom. The first-order chi connectivity index (χ1) is 21.1. The molecule has 48 heavy (non-hydrogen) atoms. The van der Waals surface area contributed by atoms with Crippen molar-refractivity contribution >= 4 is 17.7 Å². The van der Waals surface area contributed by atoms with Crippen molar-refractivity contribution in [2.75, 3.05) is 0 Å². The zero-order chi connectivity index (χ0) is 38.3. The zero-order valence-corrected chi connectivity index (χ0v) is 25.8. The van der Waals surface area contributed by atoms with Crippen molar-refractivity contribution in [2.24, 2.45) is 0 Å². The van der Waals surface area contributed by atoms with Gasteiger partial charge in [0, 0.05) is 0 Å². The maximum Gasteiger partial charge on any atom is 0.460 e. The second kappa shape index (κ2) is 13.5. The van der Waals surface area contributed by atoms with Crippen LogP contribution in [-0.4, -0.2) is 67.5 Å². The minimum atomic E-state index is -8.92. The fourth-order valence-electron chi connectivity index (χ4n) is 2.86. The monoisotopic (exact) mass is 864 g/mol. The molecule has 0 amide bonds. The van der Waals surface area contributed by atoms with Crippen LogP contribution in [0.1, 0.15) is 31.8 Å². The van der Waals surface area contributed by atoms with E-state index in [1.165, 1.54) is 0 Å². The highest BCUT2D eigenvalue weighted by Gasteiger charge is 2.95. The lowest BCUT2D eigenvalue weighted by atomic mass is 9.91. The summed E-state index contributed by atoms with van der Waals surface area (Å²) in [5.41, 5.74) is 3.50. The second-order valence-electron chi connectivity index (χ2n) is 9.29. The molecule has 0 unspecified atom stereocenters. The fourth-order valence-corrected chi connectivity index (χ4v) is 5.09. The summed E-state index contributed by atoms with van der Waals surface area (Å²) >= 11 is -1.16. The smallest absolute Gasteiger partial charge is 0.460 e. The molecule has 272 valence electrons. The SMILES string of the molecule is Cc1ccc(C(=O)[I+]C(=O)c2ccc(C)cc2)cc1.O=S(=O)([O-])C(F)(F)C(F)(F)C(F)(F)C(F)(F)C(F)(F)C(F)(F)C(F)(F)C(F)(F)F. The van der Waals surface area contributed by atoms with Gasteiger partial charge in [0.05, 0.1) is 11.1 Å². The molecule has 0 radical (unpaired) electrons. The molecule has 2 rings (SSSR count). The predicted molar refractivity (Wildman–Crippen MR) is 121 cm³/mol. The van der Waals surface area contributed by atoms with Gasteiger partial charge in [-0.15, -0.1) is 0 Å². The number of rotatable bonds is 11. The molecule has 0 aliphatic rings. The molecule has 5 nitrogen and oxygen atoms in total. The summed E-state index contributed by atoms with van der Waals surface area (Å²) in [4.78, 5) is 24.1. The molecule has 0 aliphatic carbocycles. The Balaban J connectivity index is 0.000000519. The molecule has 0 aromatic heterocycles. The Bertz CT molecular complexity index is 1530. The first kappa shape index (κ1) is 43.3. The molecular weight excluding hydrogens is 850 g/mol. The van der Waals surface area contributed by atoms with Crippen molar-refractivity contribution in [3.05, 3.63) is 70.8 Å². The molecule has 0 heterocycles. The molecule has 0 fully saturated rings. The Hall–Kier alpha value is -2.77. The summed E-state index contributed by atoms with van der Waals surface area (Å²) in [7, 11) is -8.14. The van der Waals surface area contributed by atoms with E-state index in [-0.39, 0.29) is 7.58 Å². The summed E-state index contributed by atoms with van der Waals surface area (Å²) in [6, 6.07) is 14.8. The number of carbonyl (C=O) groups is 2. The van der Waals surface area contributed by atoms with E-state index in [1.807, 2.05) is 38.1 Å². The van der Waals surface area contributed by atoms with Crippen LogP contribution in [0.2, 0.25) is 0 Å². The third-order valence-electron chi connectivity index (χ3n) is 5.74. The summed E-state index contributed by atoms with van der Waals surface area (Å²) in [6.07, 6.45) is -7.89. The van der Waals surface area contributed by atoms with Crippen LogP contribution in [-0.2, 0) is 10.1 Å². The molecule has 2 aromatic carbocycles. The lowest BCUT2D eigenvalue weighted by Crippen LogP contribution is -3.67. The summed E-state index contributed by atoms with van der Waals surface area (Å²) in [5, 5.41) is -7.95. The zero-order valence-electron chi connectivity index (χ0n) is 22.9. The Morgan fingerprint density at radius 1 is 0.500 bits per heavy atom. The van der Waals surface area contributed by atoms with Gasteiger partial charge in [0.15, 0.2) is 10.1 Å². The summed E-state index contributed by atoms with van der Waals surface area (Å²) in [5.74, 6) is -52.1. The van der Waals surface area contributed by atoms with Crippen molar-refractivity contribution in [3.8, 4) is 0 Å². The number of alkyl halides is 17. The average molecular weight is 864 g/mol. The van der Waals surface area contributed by atoms with E-state index in [4.69, 9.17) is 0 Å². The first-order valence-electron chi connectivity index (χ1n) is 11.6. The highest BCUT2D eigenvalue weighted by atomic mass is 127. The lowest BCUT2D eigenvalue weighted by molar-refractivity contribution is -0.458. The quantitative estimate of drug-likeness (QED) is 0.139. The van der Waals surface area contributed by atoms with Crippen LogP contribution in [0.15, 0.2) is 48.5 Å². The van der Waals surface area contributed by atoms with Gasteiger partial charge in [0.25, 0.3) is 0 Å². The number of benzene rings is 2. The maximum absolute atomic E-state index is 13.0. The van der Waals surface area contributed by atoms with Gasteiger partial charge >= 0.3 is 75.8 Å². The standard InChI is InChI=1S/C16H14IO2.C8HF17O3S/c1-11-3-7-13(8-4-11)15(18)17-16(19)14-9-5-12(2)6-10-14;9-1(10,3(13,14)5(17,18)7(21,22)23)2(11,12)4(15,16)6(19,20)8(24,25)29(26,27)28/h3-10H,1-2H3;(H,26,27,28)/q+1;/p-1. The Morgan fingerprint density at radius 2 is 0.750 bits per heavy atom. The summed E-state index contributed by atoms with van der Waals surface area (Å²) in [6.45, 7) is 3.95. The molecular formula is C24H14F17IO5S. The Labute approximate surface area is 267 Å². The van der Waals surface area contributed by atoms with Crippen molar-refractivity contribution in [1.82, 2.24) is 0 Å². The van der Waals surface area contributed by atoms with E-state index in [0.29, 0.717) is 11.1 Å². The molecule has 0 N–H and O–H groups in total. The number of aryl methyl sites for hydroxylation is 2. The molecule has 0 atom stereocenters. The van der Waals surface area contributed by atoms with E-state index in [2.05, 4.69) is 0 Å². The molecule has 0 saturated carbocycles. The van der Waals surface area contributed by atoms with Crippen molar-refractivity contribution in [3.63, 3.8) is 0 Å². The molecule has 24 heteroatoms. The van der Waals surface area contributed by atoms with Gasteiger partial charge in [0.2, 0.25) is 0 Å². The topological polar surface area (TPSA) is 91.3 Å². The maximum atomic E-state index is 13.0. The first-order valence-corrected chi connectivity index (χ1v) is 15.2. The fraction of sp³-hybridized carbons (Fsp3) is 0.417. The third kappa shape index (κ3) is 7.52. The average Bonchev–Trinajstić information content (AvgIpc) is 2.92. The van der Waals surface area contributed by atoms with Crippen molar-refractivity contribution < 1.29 is 118 Å². The third-order valence-corrected chi connectivity index (χ3v) is 8.85. The summed E-state index contributed by atoms with van der Waals surface area (Å²) < 4.78 is 244. The van der Waals surface area contributed by atoms with E-state index in [0.717, 1.165) is 11.1 Å². The molecule has 0 bridgehead atoms. The van der Waals surface area contributed by atoms with E-state index in [1.54, 1.807) is 24.3 Å². The van der Waals surface area contributed by atoms with Gasteiger partial charge in [-0.2, -0.15) is 74.6 Å². The number of hydrogen-bond acceptors (Lipinski definition) is 5. The predicted octanol–water partition coefficient (Wildman–Crippen LogP) is 4.87. The van der Waals surface area contributed by atoms with Gasteiger partial charge in [-0.05, 0) is 38.1 Å². The van der Waals surface area contributed by atoms with Gasteiger partial charge < -0.3 is 4.55 Å². The van der Waals surface area contributed by atoms with Crippen LogP contribution >= 0.6 is 0 Å². The Kier molecular flexibility index (Phi) is 12.2. The van der Waals surface area contributed by atoms with Gasteiger partial charge in [-0.3, -0.25) is 0 Å². The van der Waals surface area contributed by atoms with Crippen LogP contribution in [0.5, 0.6) is 0 Å². The minimum Gasteiger partial charge on any atom is -0.743 e. The van der Waals surface area contributed by atoms with Crippen molar-refractivity contribution in [1.29, 1.82) is 0 Å². The molecule has 0 saturated heterocycles. The normalized spacial score (nSPS) is 14.2. The van der Waals surface area contributed by atoms with Crippen LogP contribution < -0.4 is 21.2 Å². The van der Waals surface area contributed by atoms with E-state index < -0.39 is 78.3 Å². The van der Waals surface area contributed by atoms with Gasteiger partial charge in [-0.1, -0.05) is 35.4 Å². The number of halogens is 18. The molecule has 2 aromatic rings. The van der Waals surface area contributed by atoms with Gasteiger partial charge in [-0.25, -0.2) is 18.0 Å². The minimum absolute atomic E-state index is 0.0237. The molecule has 0 aliphatic heterocycles. The highest BCUT2D eigenvalue weighted by molar-refractivity contribution is 7.86. The molecule has 0 spiro atoms. The van der Waals surface area contributed by atoms with E-state index >= 15 is 0 Å². The number of carbonyl (C=O) groups excluding carboxylic acids is 2. The van der Waals surface area contributed by atoms with Crippen LogP contribution in [0.3, 0.4) is 0 Å². The van der Waals surface area contributed by atoms with Crippen LogP contribution in [0.4, 0.5) is 74.6 Å². The van der Waals surface area contributed by atoms with Crippen molar-refractivity contribution in [2.45, 2.75) is 60.8 Å².